The third-order valence-corrected chi connectivity index (χ3v) is 4.43. The molecule has 1 N–H and O–H groups in total. The third-order valence-electron chi connectivity index (χ3n) is 3.94. The molecule has 25 heavy (non-hydrogen) atoms. The van der Waals surface area contributed by atoms with Gasteiger partial charge in [-0.3, -0.25) is 14.2 Å². The van der Waals surface area contributed by atoms with Crippen LogP contribution in [0.15, 0.2) is 58.1 Å². The van der Waals surface area contributed by atoms with Gasteiger partial charge in [-0.25, -0.2) is 4.98 Å². The fourth-order valence-electron chi connectivity index (χ4n) is 2.57. The molecule has 0 spiro atoms. The van der Waals surface area contributed by atoms with Gasteiger partial charge in [0.05, 0.1) is 17.2 Å². The molecule has 0 aliphatic carbocycles. The standard InChI is InChI=1S/C19H18BrN3O2/c1-12(2)13-4-3-5-15(8-13)22-18(24)10-23-11-21-17-7-6-14(20)9-16(17)19(23)25/h3-9,11-12H,10H2,1-2H3,(H,22,24). The van der Waals surface area contributed by atoms with Crippen molar-refractivity contribution in [1.29, 1.82) is 0 Å². The number of aromatic nitrogens is 2. The summed E-state index contributed by atoms with van der Waals surface area (Å²) < 4.78 is 2.11. The molecule has 0 saturated carbocycles. The summed E-state index contributed by atoms with van der Waals surface area (Å²) in [5.74, 6) is 0.113. The average molecular weight is 400 g/mol. The maximum atomic E-state index is 12.5. The van der Waals surface area contributed by atoms with Gasteiger partial charge >= 0.3 is 0 Å². The van der Waals surface area contributed by atoms with Crippen molar-refractivity contribution < 1.29 is 4.79 Å². The van der Waals surface area contributed by atoms with Crippen molar-refractivity contribution in [3.05, 3.63) is 69.2 Å². The van der Waals surface area contributed by atoms with E-state index in [1.807, 2.05) is 30.3 Å². The summed E-state index contributed by atoms with van der Waals surface area (Å²) >= 11 is 3.35. The Balaban J connectivity index is 1.81. The second-order valence-electron chi connectivity index (χ2n) is 6.17. The normalized spacial score (nSPS) is 11.0. The van der Waals surface area contributed by atoms with E-state index in [2.05, 4.69) is 40.1 Å². The van der Waals surface area contributed by atoms with E-state index in [1.54, 1.807) is 12.1 Å². The summed E-state index contributed by atoms with van der Waals surface area (Å²) in [7, 11) is 0. The van der Waals surface area contributed by atoms with E-state index in [1.165, 1.54) is 10.9 Å². The zero-order chi connectivity index (χ0) is 18.0. The fourth-order valence-corrected chi connectivity index (χ4v) is 2.94. The predicted octanol–water partition coefficient (Wildman–Crippen LogP) is 3.92. The van der Waals surface area contributed by atoms with Crippen LogP contribution in [0.1, 0.15) is 25.3 Å². The molecule has 0 bridgehead atoms. The van der Waals surface area contributed by atoms with Gasteiger partial charge < -0.3 is 5.32 Å². The maximum Gasteiger partial charge on any atom is 0.261 e. The molecule has 6 heteroatoms. The summed E-state index contributed by atoms with van der Waals surface area (Å²) in [5, 5.41) is 3.31. The molecule has 3 aromatic rings. The molecule has 0 saturated heterocycles. The molecule has 0 unspecified atom stereocenters. The van der Waals surface area contributed by atoms with Crippen molar-refractivity contribution in [1.82, 2.24) is 9.55 Å². The number of hydrogen-bond donors (Lipinski definition) is 1. The number of carbonyl (C=O) groups is 1. The fraction of sp³-hybridized carbons (Fsp3) is 0.211. The molecule has 0 radical (unpaired) electrons. The Kier molecular flexibility index (Phi) is 4.99. The summed E-state index contributed by atoms with van der Waals surface area (Å²) in [5.41, 5.74) is 2.24. The second kappa shape index (κ2) is 7.19. The monoisotopic (exact) mass is 399 g/mol. The van der Waals surface area contributed by atoms with Crippen LogP contribution in [0.25, 0.3) is 10.9 Å². The van der Waals surface area contributed by atoms with Crippen LogP contribution in [0, 0.1) is 0 Å². The zero-order valence-electron chi connectivity index (χ0n) is 14.0. The van der Waals surface area contributed by atoms with Crippen LogP contribution in [0.3, 0.4) is 0 Å². The van der Waals surface area contributed by atoms with Gasteiger partial charge in [0.2, 0.25) is 5.91 Å². The summed E-state index contributed by atoms with van der Waals surface area (Å²) in [4.78, 5) is 29.1. The van der Waals surface area contributed by atoms with Crippen LogP contribution in [0.4, 0.5) is 5.69 Å². The minimum Gasteiger partial charge on any atom is -0.325 e. The molecule has 128 valence electrons. The Morgan fingerprint density at radius 3 is 2.80 bits per heavy atom. The number of fused-ring (bicyclic) bond motifs is 1. The van der Waals surface area contributed by atoms with Crippen LogP contribution in [0.5, 0.6) is 0 Å². The van der Waals surface area contributed by atoms with E-state index in [4.69, 9.17) is 0 Å². The molecule has 0 atom stereocenters. The lowest BCUT2D eigenvalue weighted by Gasteiger charge is -2.10. The van der Waals surface area contributed by atoms with Crippen molar-refractivity contribution in [2.45, 2.75) is 26.3 Å². The smallest absolute Gasteiger partial charge is 0.261 e. The Hall–Kier alpha value is -2.47. The molecule has 0 aliphatic heterocycles. The van der Waals surface area contributed by atoms with Gasteiger partial charge in [-0.2, -0.15) is 0 Å². The Labute approximate surface area is 153 Å². The summed E-state index contributed by atoms with van der Waals surface area (Å²) in [6.45, 7) is 4.11. The number of rotatable bonds is 4. The van der Waals surface area contributed by atoms with Crippen LogP contribution >= 0.6 is 15.9 Å². The Morgan fingerprint density at radius 1 is 1.24 bits per heavy atom. The number of amides is 1. The van der Waals surface area contributed by atoms with Gasteiger partial charge in [-0.05, 0) is 41.8 Å². The predicted molar refractivity (Wildman–Crippen MR) is 103 cm³/mol. The molecule has 1 heterocycles. The minimum absolute atomic E-state index is 0.0831. The van der Waals surface area contributed by atoms with Gasteiger partial charge in [0.25, 0.3) is 5.56 Å². The molecule has 0 fully saturated rings. The number of carbonyl (C=O) groups excluding carboxylic acids is 1. The van der Waals surface area contributed by atoms with Gasteiger partial charge in [0.1, 0.15) is 6.54 Å². The van der Waals surface area contributed by atoms with E-state index in [-0.39, 0.29) is 18.0 Å². The van der Waals surface area contributed by atoms with Gasteiger partial charge in [-0.1, -0.05) is 41.9 Å². The highest BCUT2D eigenvalue weighted by Gasteiger charge is 2.09. The molecule has 1 amide bonds. The quantitative estimate of drug-likeness (QED) is 0.722. The lowest BCUT2D eigenvalue weighted by molar-refractivity contribution is -0.116. The van der Waals surface area contributed by atoms with Crippen molar-refractivity contribution in [3.8, 4) is 0 Å². The maximum absolute atomic E-state index is 12.5. The topological polar surface area (TPSA) is 64.0 Å². The van der Waals surface area contributed by atoms with Crippen LogP contribution in [-0.2, 0) is 11.3 Å². The first-order valence-corrected chi connectivity index (χ1v) is 8.78. The number of nitrogens with one attached hydrogen (secondary N) is 1. The average Bonchev–Trinajstić information content (AvgIpc) is 2.58. The van der Waals surface area contributed by atoms with E-state index in [0.717, 1.165) is 15.7 Å². The molecule has 2 aromatic carbocycles. The Bertz CT molecular complexity index is 995. The van der Waals surface area contributed by atoms with Crippen LogP contribution < -0.4 is 10.9 Å². The molecular weight excluding hydrogens is 382 g/mol. The van der Waals surface area contributed by atoms with Crippen LogP contribution in [0.2, 0.25) is 0 Å². The molecule has 1 aromatic heterocycles. The largest absolute Gasteiger partial charge is 0.325 e. The number of nitrogens with zero attached hydrogens (tertiary/aromatic N) is 2. The summed E-state index contributed by atoms with van der Waals surface area (Å²) in [6.07, 6.45) is 1.41. The van der Waals surface area contributed by atoms with Crippen LogP contribution in [-0.4, -0.2) is 15.5 Å². The van der Waals surface area contributed by atoms with E-state index < -0.39 is 0 Å². The Morgan fingerprint density at radius 2 is 2.04 bits per heavy atom. The number of anilines is 1. The van der Waals surface area contributed by atoms with Gasteiger partial charge in [0, 0.05) is 10.2 Å². The first kappa shape index (κ1) is 17.4. The third kappa shape index (κ3) is 3.96. The van der Waals surface area contributed by atoms with Crippen molar-refractivity contribution in [2.24, 2.45) is 0 Å². The lowest BCUT2D eigenvalue weighted by atomic mass is 10.0. The van der Waals surface area contributed by atoms with E-state index >= 15 is 0 Å². The molecule has 5 nitrogen and oxygen atoms in total. The SMILES string of the molecule is CC(C)c1cccc(NC(=O)Cn2cnc3ccc(Br)cc3c2=O)c1. The highest BCUT2D eigenvalue weighted by Crippen LogP contribution is 2.18. The second-order valence-corrected chi connectivity index (χ2v) is 7.08. The van der Waals surface area contributed by atoms with Crippen molar-refractivity contribution in [3.63, 3.8) is 0 Å². The lowest BCUT2D eigenvalue weighted by Crippen LogP contribution is -2.27. The van der Waals surface area contributed by atoms with Crippen molar-refractivity contribution in [2.75, 3.05) is 5.32 Å². The molecule has 0 aliphatic rings. The van der Waals surface area contributed by atoms with E-state index in [9.17, 15) is 9.59 Å². The minimum atomic E-state index is -0.265. The summed E-state index contributed by atoms with van der Waals surface area (Å²) in [6, 6.07) is 13.0. The molecule has 3 rings (SSSR count). The highest BCUT2D eigenvalue weighted by molar-refractivity contribution is 9.10. The number of benzene rings is 2. The molecular formula is C19H18BrN3O2. The van der Waals surface area contributed by atoms with Gasteiger partial charge in [0.15, 0.2) is 0 Å². The van der Waals surface area contributed by atoms with E-state index in [0.29, 0.717) is 16.8 Å². The number of hydrogen-bond acceptors (Lipinski definition) is 3. The zero-order valence-corrected chi connectivity index (χ0v) is 15.6. The van der Waals surface area contributed by atoms with Crippen molar-refractivity contribution >= 4 is 38.4 Å². The number of halogens is 1. The first-order valence-electron chi connectivity index (χ1n) is 7.98. The van der Waals surface area contributed by atoms with Gasteiger partial charge in [-0.15, -0.1) is 0 Å². The highest BCUT2D eigenvalue weighted by atomic mass is 79.9. The first-order chi connectivity index (χ1) is 11.9.